The van der Waals surface area contributed by atoms with E-state index >= 15 is 0 Å². The van der Waals surface area contributed by atoms with Crippen molar-refractivity contribution in [2.75, 3.05) is 0 Å². The molecule has 0 bridgehead atoms. The van der Waals surface area contributed by atoms with E-state index in [-0.39, 0.29) is 539 Å². The number of rotatable bonds is 4. The Morgan fingerprint density at radius 3 is 0.333 bits per heavy atom. The quantitative estimate of drug-likeness (QED) is 0.194. The van der Waals surface area contributed by atoms with Gasteiger partial charge in [-0.05, 0) is 97.1 Å². The second-order valence-corrected chi connectivity index (χ2v) is 11.3. The van der Waals surface area contributed by atoms with Crippen molar-refractivity contribution in [1.82, 2.24) is 39.9 Å². The van der Waals surface area contributed by atoms with Gasteiger partial charge in [-0.3, -0.25) is 39.9 Å². The second-order valence-electron chi connectivity index (χ2n) is 10.3. The van der Waals surface area contributed by atoms with Gasteiger partial charge in [0.1, 0.15) is 0 Å². The molecule has 0 saturated heterocycles. The molecule has 8 rings (SSSR count). The van der Waals surface area contributed by atoms with Gasteiger partial charge in [-0.1, -0.05) is 24.3 Å². The molecule has 0 aliphatic carbocycles. The van der Waals surface area contributed by atoms with Gasteiger partial charge in [0.15, 0.2) is 0 Å². The summed E-state index contributed by atoms with van der Waals surface area (Å²) in [6.07, 6.45) is 21.3. The molecule has 0 spiro atoms. The fourth-order valence-electron chi connectivity index (χ4n) is 4.22. The summed E-state index contributed by atoms with van der Waals surface area (Å²) in [7, 11) is -5.61. The SMILES string of the molecule is [Ag+].[Ag+].[Ag+].[Ag+].[O-2].[O-2].[O-2].[O-2].[O-2].[O-2].[O-2].[O-2].[O-2].[O-2].[O-2].[O-2].[O-2].[O-2].[O-2].[O-2].[O-2].[O-2].[O-2].[O-2].[O-2].[O-2].[O-2].[O-2].[O-2].[O-2].[O-2].[O-2].[O-2].[O-2].[O-2].[O-2].[O-2].[O-2].[O-2].[O-2].[O-][Si]([O-])([O-])[O-].[W].[W].[W].[W].[W].[W].[W].[W].[W].[W].[W].[W].c1ccc(-c2ccncc2)nc1.c1ccc(-c2ccncc2)nc1.c1ccc(-c2ccncc2)nc1.c1ccc(-c2ccncc2)nc1. The smallest absolute Gasteiger partial charge is 1.00 e. The van der Waals surface area contributed by atoms with E-state index in [1.54, 1.807) is 74.4 Å². The summed E-state index contributed by atoms with van der Waals surface area (Å²) in [5.74, 6) is 0. The molecule has 8 heterocycles. The Morgan fingerprint density at radius 2 is 0.257 bits per heavy atom. The van der Waals surface area contributed by atoms with Crippen molar-refractivity contribution in [2.45, 2.75) is 0 Å². The maximum Gasteiger partial charge on any atom is 1.00 e. The molecule has 105 heavy (non-hydrogen) atoms. The summed E-state index contributed by atoms with van der Waals surface area (Å²) in [4.78, 5) is 67.0. The molecule has 0 amide bonds. The molecule has 8 aromatic rings. The van der Waals surface area contributed by atoms with E-state index in [4.69, 9.17) is 19.2 Å². The summed E-state index contributed by atoms with van der Waals surface area (Å²) in [6, 6.07) is 39.0. The van der Waals surface area contributed by atoms with E-state index < -0.39 is 9.05 Å². The fourth-order valence-corrected chi connectivity index (χ4v) is 4.22. The van der Waals surface area contributed by atoms with Gasteiger partial charge in [0.2, 0.25) is 0 Å². The van der Waals surface area contributed by atoms with Crippen molar-refractivity contribution >= 4 is 9.05 Å². The van der Waals surface area contributed by atoms with Crippen molar-refractivity contribution in [3.05, 3.63) is 196 Å². The predicted molar refractivity (Wildman–Crippen MR) is 220 cm³/mol. The molecule has 0 radical (unpaired) electrons. The van der Waals surface area contributed by atoms with Gasteiger partial charge in [-0.2, -0.15) is 0 Å². The Balaban J connectivity index is -0.00000000714. The van der Waals surface area contributed by atoms with E-state index in [1.165, 1.54) is 0 Å². The Kier molecular flexibility index (Phi) is 763. The topological polar surface area (TPSA) is 1220 Å². The monoisotopic (exact) mass is 3930 g/mol. The van der Waals surface area contributed by atoms with Crippen LogP contribution in [0.15, 0.2) is 196 Å². The molecule has 0 N–H and O–H groups in total. The summed E-state index contributed by atoms with van der Waals surface area (Å²) < 4.78 is 0. The number of pyridine rings is 8. The zero-order chi connectivity index (χ0) is 37.4. The summed E-state index contributed by atoms with van der Waals surface area (Å²) in [6.45, 7) is 0. The molecule has 0 fully saturated rings. The molecular formula is C40H32Ag4N8O40SiW12-72. The van der Waals surface area contributed by atoms with Crippen LogP contribution in [0.4, 0.5) is 0 Å². The third-order valence-corrected chi connectivity index (χ3v) is 6.56. The number of aromatic nitrogens is 8. The zero-order valence-corrected chi connectivity index (χ0v) is 91.1. The third-order valence-electron chi connectivity index (χ3n) is 6.56. The van der Waals surface area contributed by atoms with E-state index in [0.29, 0.717) is 0 Å². The van der Waals surface area contributed by atoms with Crippen LogP contribution in [0.2, 0.25) is 0 Å². The number of hydrogen-bond donors (Lipinski definition) is 0. The first-order valence-corrected chi connectivity index (χ1v) is 17.6. The molecule has 664 valence electrons. The Hall–Kier alpha value is 3.04. The molecular weight excluding hydrogens is 3900 g/mol. The van der Waals surface area contributed by atoms with Crippen LogP contribution in [0.3, 0.4) is 0 Å². The Bertz CT molecular complexity index is 1780. The van der Waals surface area contributed by atoms with Gasteiger partial charge < -0.3 is 225 Å². The minimum Gasteiger partial charge on any atom is -2.00 e. The standard InChI is InChI=1S/4C10H8N2.4Ag.O4Si.36O.12W/c4*1-2-6-12-10(3-1)9-4-7-11-8-5-9;;;;;1-5(2,3)4;;;;;;;;;;;;;;;;;;;;;;;;;;;;;;;;;;;;;;;;;;;;;;;;/h4*1-8H;;;;;;;;;;;;;;;;;;;;;;;;;;;;;;;;;;;;;;;;;;;;;;;;;;;;;/q;;;;4*+1;-4;36*-2;;;;;;;;;;;;. The molecule has 0 aromatic carbocycles. The van der Waals surface area contributed by atoms with Crippen LogP contribution >= 0.6 is 0 Å². The second kappa shape index (κ2) is 226. The first kappa shape index (κ1) is 355. The minimum absolute atomic E-state index is 0. The van der Waals surface area contributed by atoms with Crippen molar-refractivity contribution in [3.8, 4) is 45.0 Å². The van der Waals surface area contributed by atoms with Gasteiger partial charge in [-0.15, -0.1) is 0 Å². The van der Waals surface area contributed by atoms with Crippen molar-refractivity contribution < 1.29 is 559 Å². The van der Waals surface area contributed by atoms with Gasteiger partial charge in [0.25, 0.3) is 0 Å². The van der Waals surface area contributed by atoms with E-state index in [0.717, 1.165) is 45.0 Å². The molecule has 0 saturated carbocycles. The van der Waals surface area contributed by atoms with Crippen LogP contribution in [0.5, 0.6) is 0 Å². The first-order valence-electron chi connectivity index (χ1n) is 15.9. The normalized spacial score (nSPS) is 4.99. The fraction of sp³-hybridized carbons (Fsp3) is 0. The molecule has 0 unspecified atom stereocenters. The van der Waals surface area contributed by atoms with Crippen molar-refractivity contribution in [1.29, 1.82) is 0 Å². The van der Waals surface area contributed by atoms with Crippen molar-refractivity contribution in [3.63, 3.8) is 0 Å². The average Bonchev–Trinajstić information content (AvgIpc) is 3.24. The summed E-state index contributed by atoms with van der Waals surface area (Å²) in [5, 5.41) is 0. The maximum atomic E-state index is 8.58. The summed E-state index contributed by atoms with van der Waals surface area (Å²) >= 11 is 0. The van der Waals surface area contributed by atoms with Crippen LogP contribution in [0, 0.1) is 0 Å². The number of nitrogens with zero attached hydrogens (tertiary/aromatic N) is 8. The van der Waals surface area contributed by atoms with Crippen LogP contribution in [-0.4, -0.2) is 48.9 Å². The summed E-state index contributed by atoms with van der Waals surface area (Å²) in [5.41, 5.74) is 8.35. The zero-order valence-electron chi connectivity index (χ0n) is 49.0. The van der Waals surface area contributed by atoms with E-state index in [2.05, 4.69) is 39.9 Å². The molecule has 0 atom stereocenters. The first-order chi connectivity index (χ1) is 25.9. The predicted octanol–water partition coefficient (Wildman–Crippen LogP) is -0.879. The van der Waals surface area contributed by atoms with Crippen LogP contribution < -0.4 is 19.2 Å². The van der Waals surface area contributed by atoms with Gasteiger partial charge >= 0.3 is 89.5 Å². The Morgan fingerprint density at radius 1 is 0.162 bits per heavy atom. The van der Waals surface area contributed by atoms with Crippen LogP contribution in [0.1, 0.15) is 0 Å². The average molecular weight is 3930 g/mol. The maximum absolute atomic E-state index is 8.58. The van der Waals surface area contributed by atoms with Gasteiger partial charge in [0, 0.05) is 349 Å². The van der Waals surface area contributed by atoms with E-state index in [1.807, 2.05) is 121 Å². The largest absolute Gasteiger partial charge is 2.00 e. The van der Waals surface area contributed by atoms with Gasteiger partial charge in [0.05, 0.1) is 22.8 Å². The van der Waals surface area contributed by atoms with Crippen LogP contribution in [-0.2, 0) is 539 Å². The van der Waals surface area contributed by atoms with Crippen molar-refractivity contribution in [2.24, 2.45) is 0 Å². The molecule has 0 aliphatic rings. The third kappa shape index (κ3) is 171. The number of hydrogen-bond acceptors (Lipinski definition) is 12. The molecule has 0 aliphatic heterocycles. The Labute approximate surface area is 836 Å². The minimum atomic E-state index is -5.61. The van der Waals surface area contributed by atoms with Gasteiger partial charge in [-0.25, -0.2) is 0 Å². The molecule has 8 aromatic heterocycles. The van der Waals surface area contributed by atoms with Crippen LogP contribution in [0.25, 0.3) is 45.0 Å². The van der Waals surface area contributed by atoms with E-state index in [9.17, 15) is 0 Å². The molecule has 48 nitrogen and oxygen atoms in total. The molecule has 65 heteroatoms.